The molecule has 0 radical (unpaired) electrons. The van der Waals surface area contributed by atoms with Crippen molar-refractivity contribution in [1.82, 2.24) is 19.9 Å². The summed E-state index contributed by atoms with van der Waals surface area (Å²) < 4.78 is 0. The molecule has 0 aliphatic heterocycles. The molecular formula is C10H16N6. The van der Waals surface area contributed by atoms with Crippen molar-refractivity contribution < 1.29 is 0 Å². The molecule has 0 aliphatic carbocycles. The number of nitrogens with one attached hydrogen (secondary N) is 2. The number of nitrogens with zero attached hydrogens (tertiary/aromatic N) is 3. The van der Waals surface area contributed by atoms with Crippen molar-refractivity contribution in [1.29, 1.82) is 0 Å². The summed E-state index contributed by atoms with van der Waals surface area (Å²) in [6.07, 6.45) is 1.59. The molecule has 2 aromatic rings. The Morgan fingerprint density at radius 1 is 1.31 bits per heavy atom. The lowest BCUT2D eigenvalue weighted by Gasteiger charge is -2.18. The fourth-order valence-corrected chi connectivity index (χ4v) is 1.34. The predicted octanol–water partition coefficient (Wildman–Crippen LogP) is 1.39. The third-order valence-corrected chi connectivity index (χ3v) is 2.67. The summed E-state index contributed by atoms with van der Waals surface area (Å²) in [5.41, 5.74) is 7.00. The average Bonchev–Trinajstić information content (AvgIpc) is 2.65. The summed E-state index contributed by atoms with van der Waals surface area (Å²) in [5, 5.41) is 3.31. The number of imidazole rings is 1. The molecule has 0 fully saturated rings. The molecule has 6 nitrogen and oxygen atoms in total. The summed E-state index contributed by atoms with van der Waals surface area (Å²) in [7, 11) is 0. The van der Waals surface area contributed by atoms with E-state index in [1.165, 1.54) is 0 Å². The molecule has 0 spiro atoms. The molecule has 6 heteroatoms. The van der Waals surface area contributed by atoms with E-state index in [1.807, 2.05) is 0 Å². The van der Waals surface area contributed by atoms with Gasteiger partial charge in [-0.15, -0.1) is 0 Å². The third-order valence-electron chi connectivity index (χ3n) is 2.67. The summed E-state index contributed by atoms with van der Waals surface area (Å²) in [6.45, 7) is 6.39. The minimum atomic E-state index is 0.234. The Labute approximate surface area is 93.7 Å². The average molecular weight is 220 g/mol. The first-order valence-electron chi connectivity index (χ1n) is 5.31. The van der Waals surface area contributed by atoms with Crippen LogP contribution in [0.2, 0.25) is 0 Å². The maximum Gasteiger partial charge on any atom is 0.224 e. The van der Waals surface area contributed by atoms with Gasteiger partial charge >= 0.3 is 0 Å². The standard InChI is InChI=1S/C10H16N6/c1-5(2)6(3)14-9-7-8(13-4-12-7)15-10(11)16-9/h4-6H,1-3H3,(H4,11,12,13,14,15,16). The van der Waals surface area contributed by atoms with Gasteiger partial charge in [-0.1, -0.05) is 13.8 Å². The van der Waals surface area contributed by atoms with Gasteiger partial charge in [-0.3, -0.25) is 0 Å². The van der Waals surface area contributed by atoms with E-state index in [1.54, 1.807) is 6.33 Å². The number of nitrogen functional groups attached to an aromatic ring is 1. The first kappa shape index (κ1) is 10.7. The minimum Gasteiger partial charge on any atom is -0.368 e. The van der Waals surface area contributed by atoms with Crippen LogP contribution in [0.4, 0.5) is 11.8 Å². The second-order valence-electron chi connectivity index (χ2n) is 4.21. The van der Waals surface area contributed by atoms with Gasteiger partial charge < -0.3 is 16.0 Å². The van der Waals surface area contributed by atoms with Crippen LogP contribution in [-0.4, -0.2) is 26.0 Å². The van der Waals surface area contributed by atoms with Gasteiger partial charge in [0.15, 0.2) is 11.5 Å². The molecule has 4 N–H and O–H groups in total. The third kappa shape index (κ3) is 1.91. The first-order chi connectivity index (χ1) is 7.58. The van der Waals surface area contributed by atoms with E-state index in [-0.39, 0.29) is 5.95 Å². The minimum absolute atomic E-state index is 0.234. The van der Waals surface area contributed by atoms with Gasteiger partial charge in [0, 0.05) is 6.04 Å². The lowest BCUT2D eigenvalue weighted by Crippen LogP contribution is -2.22. The number of nitrogens with two attached hydrogens (primary N) is 1. The van der Waals surface area contributed by atoms with Gasteiger partial charge in [-0.2, -0.15) is 9.97 Å². The molecule has 2 aromatic heterocycles. The van der Waals surface area contributed by atoms with Crippen LogP contribution >= 0.6 is 0 Å². The van der Waals surface area contributed by atoms with Crippen molar-refractivity contribution in [3.05, 3.63) is 6.33 Å². The Bertz CT molecular complexity index is 489. The number of H-pyrrole nitrogens is 1. The predicted molar refractivity (Wildman–Crippen MR) is 64.0 cm³/mol. The van der Waals surface area contributed by atoms with E-state index in [0.29, 0.717) is 23.4 Å². The van der Waals surface area contributed by atoms with E-state index < -0.39 is 0 Å². The molecule has 0 amide bonds. The quantitative estimate of drug-likeness (QED) is 0.727. The highest BCUT2D eigenvalue weighted by atomic mass is 15.1. The zero-order valence-electron chi connectivity index (χ0n) is 9.65. The molecule has 16 heavy (non-hydrogen) atoms. The van der Waals surface area contributed by atoms with Crippen molar-refractivity contribution in [3.8, 4) is 0 Å². The monoisotopic (exact) mass is 220 g/mol. The molecule has 0 aliphatic rings. The molecule has 0 saturated heterocycles. The van der Waals surface area contributed by atoms with Crippen LogP contribution < -0.4 is 11.1 Å². The molecule has 2 heterocycles. The molecule has 0 bridgehead atoms. The van der Waals surface area contributed by atoms with Crippen molar-refractivity contribution in [2.45, 2.75) is 26.8 Å². The van der Waals surface area contributed by atoms with Crippen LogP contribution in [0, 0.1) is 5.92 Å². The molecule has 1 unspecified atom stereocenters. The Morgan fingerprint density at radius 3 is 2.75 bits per heavy atom. The molecular weight excluding hydrogens is 204 g/mol. The fraction of sp³-hybridized carbons (Fsp3) is 0.500. The van der Waals surface area contributed by atoms with E-state index in [0.717, 1.165) is 5.52 Å². The van der Waals surface area contributed by atoms with Crippen LogP contribution in [0.5, 0.6) is 0 Å². The number of aromatic amines is 1. The number of hydrogen-bond donors (Lipinski definition) is 3. The van der Waals surface area contributed by atoms with E-state index in [9.17, 15) is 0 Å². The second-order valence-corrected chi connectivity index (χ2v) is 4.21. The van der Waals surface area contributed by atoms with E-state index in [2.05, 4.69) is 46.0 Å². The first-order valence-corrected chi connectivity index (χ1v) is 5.31. The summed E-state index contributed by atoms with van der Waals surface area (Å²) in [5.74, 6) is 1.45. The number of anilines is 2. The smallest absolute Gasteiger partial charge is 0.224 e. The van der Waals surface area contributed by atoms with Crippen molar-refractivity contribution in [2.75, 3.05) is 11.1 Å². The van der Waals surface area contributed by atoms with Crippen molar-refractivity contribution in [2.24, 2.45) is 5.92 Å². The van der Waals surface area contributed by atoms with Gasteiger partial charge in [0.2, 0.25) is 5.95 Å². The lowest BCUT2D eigenvalue weighted by atomic mass is 10.1. The molecule has 2 rings (SSSR count). The Morgan fingerprint density at radius 2 is 2.06 bits per heavy atom. The van der Waals surface area contributed by atoms with Crippen LogP contribution in [0.25, 0.3) is 11.2 Å². The van der Waals surface area contributed by atoms with Crippen LogP contribution in [0.1, 0.15) is 20.8 Å². The maximum atomic E-state index is 5.62. The highest BCUT2D eigenvalue weighted by Crippen LogP contribution is 2.19. The number of aromatic nitrogens is 4. The van der Waals surface area contributed by atoms with Crippen LogP contribution in [0.3, 0.4) is 0 Å². The SMILES string of the molecule is CC(C)C(C)Nc1nc(N)nc2nc[nH]c12. The molecule has 0 saturated carbocycles. The largest absolute Gasteiger partial charge is 0.368 e. The topological polar surface area (TPSA) is 92.5 Å². The Balaban J connectivity index is 2.39. The van der Waals surface area contributed by atoms with Gasteiger partial charge in [0.25, 0.3) is 0 Å². The van der Waals surface area contributed by atoms with Gasteiger partial charge in [-0.05, 0) is 12.8 Å². The number of hydrogen-bond acceptors (Lipinski definition) is 5. The van der Waals surface area contributed by atoms with Crippen molar-refractivity contribution >= 4 is 22.9 Å². The zero-order valence-corrected chi connectivity index (χ0v) is 9.65. The second kappa shape index (κ2) is 3.96. The van der Waals surface area contributed by atoms with Crippen molar-refractivity contribution in [3.63, 3.8) is 0 Å². The normalized spacial score (nSPS) is 13.2. The van der Waals surface area contributed by atoms with Gasteiger partial charge in [0.1, 0.15) is 5.52 Å². The van der Waals surface area contributed by atoms with E-state index in [4.69, 9.17) is 5.73 Å². The number of rotatable bonds is 3. The Kier molecular flexibility index (Phi) is 2.64. The Hall–Kier alpha value is -1.85. The molecule has 1 atom stereocenters. The lowest BCUT2D eigenvalue weighted by molar-refractivity contribution is 0.559. The highest BCUT2D eigenvalue weighted by Gasteiger charge is 2.12. The van der Waals surface area contributed by atoms with Crippen LogP contribution in [-0.2, 0) is 0 Å². The van der Waals surface area contributed by atoms with Crippen LogP contribution in [0.15, 0.2) is 6.33 Å². The highest BCUT2D eigenvalue weighted by molar-refractivity contribution is 5.83. The number of fused-ring (bicyclic) bond motifs is 1. The summed E-state index contributed by atoms with van der Waals surface area (Å²) >= 11 is 0. The maximum absolute atomic E-state index is 5.62. The molecule has 0 aromatic carbocycles. The van der Waals surface area contributed by atoms with Gasteiger partial charge in [-0.25, -0.2) is 4.98 Å². The summed E-state index contributed by atoms with van der Waals surface area (Å²) in [6, 6.07) is 0.306. The fourth-order valence-electron chi connectivity index (χ4n) is 1.34. The molecule has 86 valence electrons. The van der Waals surface area contributed by atoms with Gasteiger partial charge in [0.05, 0.1) is 6.33 Å². The summed E-state index contributed by atoms with van der Waals surface area (Å²) in [4.78, 5) is 15.3. The van der Waals surface area contributed by atoms with E-state index >= 15 is 0 Å². The zero-order chi connectivity index (χ0) is 11.7.